The van der Waals surface area contributed by atoms with Crippen LogP contribution in [0.2, 0.25) is 0 Å². The molecule has 0 unspecified atom stereocenters. The predicted molar refractivity (Wildman–Crippen MR) is 106 cm³/mol. The van der Waals surface area contributed by atoms with Crippen LogP contribution in [0.25, 0.3) is 0 Å². The lowest BCUT2D eigenvalue weighted by molar-refractivity contribution is 0.102. The fourth-order valence-electron chi connectivity index (χ4n) is 2.20. The molecule has 1 amide bonds. The fourth-order valence-corrected chi connectivity index (χ4v) is 4.41. The second-order valence-corrected chi connectivity index (χ2v) is 8.89. The molecule has 0 saturated carbocycles. The molecule has 0 saturated heterocycles. The number of amides is 1. The number of hydrogen-bond acceptors (Lipinski definition) is 5. The van der Waals surface area contributed by atoms with Crippen LogP contribution in [0.3, 0.4) is 0 Å². The van der Waals surface area contributed by atoms with Gasteiger partial charge in [0.05, 0.1) is 16.1 Å². The van der Waals surface area contributed by atoms with Gasteiger partial charge in [-0.1, -0.05) is 17.7 Å². The van der Waals surface area contributed by atoms with Gasteiger partial charge in [0.1, 0.15) is 10.4 Å². The van der Waals surface area contributed by atoms with Crippen molar-refractivity contribution in [1.82, 2.24) is 4.98 Å². The molecule has 0 aliphatic rings. The van der Waals surface area contributed by atoms with Crippen molar-refractivity contribution in [1.29, 1.82) is 0 Å². The third kappa shape index (κ3) is 4.71. The van der Waals surface area contributed by atoms with Crippen LogP contribution in [0.4, 0.5) is 15.2 Å². The minimum atomic E-state index is -3.99. The Hall–Kier alpha value is -2.30. The summed E-state index contributed by atoms with van der Waals surface area (Å²) in [6.07, 6.45) is 0. The van der Waals surface area contributed by atoms with Crippen molar-refractivity contribution < 1.29 is 17.6 Å². The number of hydrogen-bond donors (Lipinski definition) is 2. The Morgan fingerprint density at radius 2 is 1.89 bits per heavy atom. The second-order valence-electron chi connectivity index (χ2n) is 5.54. The van der Waals surface area contributed by atoms with Crippen molar-refractivity contribution in [2.75, 3.05) is 10.0 Å². The van der Waals surface area contributed by atoms with E-state index in [4.69, 9.17) is 0 Å². The van der Waals surface area contributed by atoms with Crippen LogP contribution in [-0.4, -0.2) is 19.3 Å². The van der Waals surface area contributed by atoms with Gasteiger partial charge < -0.3 is 0 Å². The van der Waals surface area contributed by atoms with Gasteiger partial charge in [-0.3, -0.25) is 14.8 Å². The fraction of sp³-hybridized carbons (Fsp3) is 0.0588. The Morgan fingerprint density at radius 1 is 1.19 bits per heavy atom. The lowest BCUT2D eigenvalue weighted by Gasteiger charge is -2.12. The minimum Gasteiger partial charge on any atom is -0.298 e. The third-order valence-corrected chi connectivity index (χ3v) is 6.35. The third-order valence-electron chi connectivity index (χ3n) is 3.50. The number of thiazole rings is 1. The first kappa shape index (κ1) is 19.5. The van der Waals surface area contributed by atoms with Gasteiger partial charge in [-0.2, -0.15) is 0 Å². The van der Waals surface area contributed by atoms with Crippen molar-refractivity contribution in [2.45, 2.75) is 11.8 Å². The Balaban J connectivity index is 1.92. The topological polar surface area (TPSA) is 88.2 Å². The summed E-state index contributed by atoms with van der Waals surface area (Å²) in [7, 11) is -3.99. The van der Waals surface area contributed by atoms with Crippen molar-refractivity contribution in [3.8, 4) is 0 Å². The normalized spacial score (nSPS) is 11.2. The van der Waals surface area contributed by atoms with Gasteiger partial charge in [-0.15, -0.1) is 11.3 Å². The Kier molecular flexibility index (Phi) is 5.59. The van der Waals surface area contributed by atoms with Crippen molar-refractivity contribution in [3.05, 3.63) is 69.4 Å². The van der Waals surface area contributed by atoms with Crippen LogP contribution in [0.5, 0.6) is 0 Å². The average molecular weight is 470 g/mol. The van der Waals surface area contributed by atoms with E-state index < -0.39 is 21.7 Å². The SMILES string of the molecule is Cc1ccc(S(=O)(=O)Nc2cc(F)ccc2C(=O)Nc2nc(Br)cs2)cc1. The zero-order chi connectivity index (χ0) is 19.6. The van der Waals surface area contributed by atoms with Crippen molar-refractivity contribution >= 4 is 54.0 Å². The Bertz CT molecular complexity index is 1100. The highest BCUT2D eigenvalue weighted by Gasteiger charge is 2.20. The number of aromatic nitrogens is 1. The van der Waals surface area contributed by atoms with E-state index in [0.29, 0.717) is 9.73 Å². The smallest absolute Gasteiger partial charge is 0.261 e. The zero-order valence-electron chi connectivity index (χ0n) is 13.9. The van der Waals surface area contributed by atoms with Gasteiger partial charge in [0, 0.05) is 5.38 Å². The molecule has 1 aromatic heterocycles. The van der Waals surface area contributed by atoms with Gasteiger partial charge in [0.15, 0.2) is 5.13 Å². The summed E-state index contributed by atoms with van der Waals surface area (Å²) in [6.45, 7) is 1.83. The summed E-state index contributed by atoms with van der Waals surface area (Å²) in [5.41, 5.74) is 0.705. The molecule has 2 aromatic carbocycles. The molecule has 0 bridgehead atoms. The molecule has 0 aliphatic heterocycles. The van der Waals surface area contributed by atoms with Crippen LogP contribution < -0.4 is 10.0 Å². The van der Waals surface area contributed by atoms with Crippen LogP contribution in [0.1, 0.15) is 15.9 Å². The molecule has 2 N–H and O–H groups in total. The van der Waals surface area contributed by atoms with Crippen LogP contribution in [0, 0.1) is 12.7 Å². The summed E-state index contributed by atoms with van der Waals surface area (Å²) in [5.74, 6) is -1.29. The molecule has 3 aromatic rings. The van der Waals surface area contributed by atoms with Gasteiger partial charge in [-0.05, 0) is 53.2 Å². The Labute approximate surface area is 167 Å². The van der Waals surface area contributed by atoms with Gasteiger partial charge >= 0.3 is 0 Å². The largest absolute Gasteiger partial charge is 0.298 e. The number of nitrogens with one attached hydrogen (secondary N) is 2. The average Bonchev–Trinajstić information content (AvgIpc) is 2.99. The van der Waals surface area contributed by atoms with Gasteiger partial charge in [-0.25, -0.2) is 17.8 Å². The van der Waals surface area contributed by atoms with E-state index in [1.165, 1.54) is 29.5 Å². The summed E-state index contributed by atoms with van der Waals surface area (Å²) in [5, 5.41) is 4.56. The van der Waals surface area contributed by atoms with Crippen LogP contribution >= 0.6 is 27.3 Å². The highest BCUT2D eigenvalue weighted by Crippen LogP contribution is 2.25. The Morgan fingerprint density at radius 3 is 2.52 bits per heavy atom. The quantitative estimate of drug-likeness (QED) is 0.579. The van der Waals surface area contributed by atoms with E-state index in [1.807, 2.05) is 6.92 Å². The van der Waals surface area contributed by atoms with E-state index in [2.05, 4.69) is 31.0 Å². The number of anilines is 2. The number of halogens is 2. The zero-order valence-corrected chi connectivity index (χ0v) is 17.1. The molecule has 6 nitrogen and oxygen atoms in total. The lowest BCUT2D eigenvalue weighted by Crippen LogP contribution is -2.19. The first-order chi connectivity index (χ1) is 12.7. The molecule has 3 rings (SSSR count). The minimum absolute atomic E-state index is 0.00701. The highest BCUT2D eigenvalue weighted by molar-refractivity contribution is 9.10. The standard InChI is InChI=1S/C17H13BrFN3O3S2/c1-10-2-5-12(6-3-10)27(24,25)22-14-8-11(19)4-7-13(14)16(23)21-17-20-15(18)9-26-17/h2-9,22H,1H3,(H,20,21,23). The maximum Gasteiger partial charge on any atom is 0.261 e. The number of nitrogens with zero attached hydrogens (tertiary/aromatic N) is 1. The number of aryl methyl sites for hydroxylation is 1. The molecule has 0 aliphatic carbocycles. The van der Waals surface area contributed by atoms with Crippen molar-refractivity contribution in [3.63, 3.8) is 0 Å². The second kappa shape index (κ2) is 7.75. The van der Waals surface area contributed by atoms with E-state index in [9.17, 15) is 17.6 Å². The molecule has 0 spiro atoms. The van der Waals surface area contributed by atoms with Crippen LogP contribution in [-0.2, 0) is 10.0 Å². The molecule has 27 heavy (non-hydrogen) atoms. The molecule has 0 fully saturated rings. The summed E-state index contributed by atoms with van der Waals surface area (Å²) >= 11 is 4.37. The van der Waals surface area contributed by atoms with E-state index in [1.54, 1.807) is 17.5 Å². The van der Waals surface area contributed by atoms with Crippen molar-refractivity contribution in [2.24, 2.45) is 0 Å². The number of sulfonamides is 1. The van der Waals surface area contributed by atoms with E-state index in [-0.39, 0.29) is 16.1 Å². The molecule has 10 heteroatoms. The summed E-state index contributed by atoms with van der Waals surface area (Å²) < 4.78 is 41.7. The maximum atomic E-state index is 13.7. The van der Waals surface area contributed by atoms with Gasteiger partial charge in [0.25, 0.3) is 15.9 Å². The first-order valence-corrected chi connectivity index (χ1v) is 10.7. The number of carbonyl (C=O) groups is 1. The molecule has 1 heterocycles. The highest BCUT2D eigenvalue weighted by atomic mass is 79.9. The monoisotopic (exact) mass is 469 g/mol. The molecule has 0 atom stereocenters. The number of carbonyl (C=O) groups excluding carboxylic acids is 1. The number of rotatable bonds is 5. The predicted octanol–water partition coefficient (Wildman–Crippen LogP) is 4.41. The maximum absolute atomic E-state index is 13.7. The number of benzene rings is 2. The van der Waals surface area contributed by atoms with E-state index >= 15 is 0 Å². The molecular formula is C17H13BrFN3O3S2. The van der Waals surface area contributed by atoms with Gasteiger partial charge in [0.2, 0.25) is 0 Å². The molecule has 0 radical (unpaired) electrons. The van der Waals surface area contributed by atoms with E-state index in [0.717, 1.165) is 17.7 Å². The van der Waals surface area contributed by atoms with Crippen LogP contribution in [0.15, 0.2) is 57.3 Å². The summed E-state index contributed by atoms with van der Waals surface area (Å²) in [6, 6.07) is 9.41. The molecule has 140 valence electrons. The lowest BCUT2D eigenvalue weighted by atomic mass is 10.1. The first-order valence-electron chi connectivity index (χ1n) is 7.56. The molecular weight excluding hydrogens is 457 g/mol. The summed E-state index contributed by atoms with van der Waals surface area (Å²) in [4.78, 5) is 16.6.